The lowest BCUT2D eigenvalue weighted by Crippen LogP contribution is -2.51. The molecule has 0 bridgehead atoms. The van der Waals surface area contributed by atoms with Crippen LogP contribution in [0.2, 0.25) is 5.02 Å². The molecule has 4 aliphatic carbocycles. The normalized spacial score (nSPS) is 45.3. The quantitative estimate of drug-likeness (QED) is 0.554. The Balaban J connectivity index is 1.48. The summed E-state index contributed by atoms with van der Waals surface area (Å²) in [5.74, 6) is 1.83. The molecule has 0 saturated heterocycles. The predicted octanol–water partition coefficient (Wildman–Crippen LogP) is 6.02. The van der Waals surface area contributed by atoms with E-state index in [1.54, 1.807) is 0 Å². The standard InChI is InChI=1S/C26H33ClO2/c1-25-11-9-19(28)15-18(25)7-8-20-21(25)10-12-26(2)22(20)14-17(24(26)29)13-16-5-3-4-6-23(16)27/h3-7,13,19-22,24,28-29H,8-12,14-15H2,1-2H3/b17-13-/t19-,20-,21+,22+,24-,25-,26-/m0/s1. The molecule has 0 aromatic heterocycles. The van der Waals surface area contributed by atoms with Crippen LogP contribution in [0, 0.1) is 28.6 Å². The SMILES string of the molecule is C[C@]12CC[C@@H]3[C@H](CC=C4C[C@@H](O)CC[C@@]43C)[C@H]1C/C(=C/c1ccccc1Cl)[C@@H]2O. The van der Waals surface area contributed by atoms with Crippen LogP contribution in [0.4, 0.5) is 0 Å². The Morgan fingerprint density at radius 1 is 1.03 bits per heavy atom. The van der Waals surface area contributed by atoms with E-state index in [2.05, 4.69) is 26.0 Å². The summed E-state index contributed by atoms with van der Waals surface area (Å²) in [7, 11) is 0. The van der Waals surface area contributed by atoms with Crippen LogP contribution in [0.3, 0.4) is 0 Å². The van der Waals surface area contributed by atoms with Gasteiger partial charge in [0.05, 0.1) is 12.2 Å². The molecule has 3 heteroatoms. The summed E-state index contributed by atoms with van der Waals surface area (Å²) in [4.78, 5) is 0. The Hall–Kier alpha value is -1.09. The molecule has 7 atom stereocenters. The smallest absolute Gasteiger partial charge is 0.0809 e. The maximum Gasteiger partial charge on any atom is 0.0809 e. The minimum Gasteiger partial charge on any atom is -0.393 e. The van der Waals surface area contributed by atoms with Crippen molar-refractivity contribution in [2.24, 2.45) is 28.6 Å². The largest absolute Gasteiger partial charge is 0.393 e. The zero-order chi connectivity index (χ0) is 20.4. The molecule has 0 amide bonds. The second-order valence-corrected chi connectivity index (χ2v) is 11.0. The summed E-state index contributed by atoms with van der Waals surface area (Å²) < 4.78 is 0. The Morgan fingerprint density at radius 3 is 2.62 bits per heavy atom. The van der Waals surface area contributed by atoms with Crippen LogP contribution in [0.5, 0.6) is 0 Å². The number of benzene rings is 1. The van der Waals surface area contributed by atoms with Crippen LogP contribution in [0.1, 0.15) is 64.4 Å². The molecule has 0 radical (unpaired) electrons. The highest BCUT2D eigenvalue weighted by Gasteiger charge is 2.59. The summed E-state index contributed by atoms with van der Waals surface area (Å²) in [6, 6.07) is 7.93. The fourth-order valence-corrected chi connectivity index (χ4v) is 7.62. The number of rotatable bonds is 1. The minimum absolute atomic E-state index is 0.0376. The van der Waals surface area contributed by atoms with Gasteiger partial charge in [0.1, 0.15) is 0 Å². The van der Waals surface area contributed by atoms with Crippen LogP contribution in [-0.4, -0.2) is 22.4 Å². The Kier molecular flexibility index (Phi) is 4.77. The number of hydrogen-bond donors (Lipinski definition) is 2. The average molecular weight is 413 g/mol. The fraction of sp³-hybridized carbons (Fsp3) is 0.615. The zero-order valence-corrected chi connectivity index (χ0v) is 18.3. The lowest BCUT2D eigenvalue weighted by atomic mass is 9.48. The summed E-state index contributed by atoms with van der Waals surface area (Å²) in [6.45, 7) is 4.77. The second kappa shape index (κ2) is 6.97. The molecule has 0 heterocycles. The maximum absolute atomic E-state index is 11.4. The van der Waals surface area contributed by atoms with Crippen LogP contribution >= 0.6 is 11.6 Å². The lowest BCUT2D eigenvalue weighted by Gasteiger charge is -2.57. The van der Waals surface area contributed by atoms with E-state index < -0.39 is 0 Å². The highest BCUT2D eigenvalue weighted by molar-refractivity contribution is 6.32. The first-order chi connectivity index (χ1) is 13.8. The molecule has 1 aromatic carbocycles. The maximum atomic E-state index is 11.4. The van der Waals surface area contributed by atoms with Gasteiger partial charge in [-0.3, -0.25) is 0 Å². The monoisotopic (exact) mass is 412 g/mol. The Morgan fingerprint density at radius 2 is 1.83 bits per heavy atom. The summed E-state index contributed by atoms with van der Waals surface area (Å²) in [5, 5.41) is 22.3. The molecule has 1 aromatic rings. The second-order valence-electron chi connectivity index (χ2n) is 10.5. The van der Waals surface area contributed by atoms with Crippen molar-refractivity contribution in [3.63, 3.8) is 0 Å². The van der Waals surface area contributed by atoms with E-state index in [1.807, 2.05) is 24.3 Å². The molecule has 29 heavy (non-hydrogen) atoms. The van der Waals surface area contributed by atoms with Crippen LogP contribution in [0.25, 0.3) is 6.08 Å². The van der Waals surface area contributed by atoms with E-state index in [4.69, 9.17) is 11.6 Å². The van der Waals surface area contributed by atoms with Crippen molar-refractivity contribution in [1.29, 1.82) is 0 Å². The molecule has 0 aliphatic heterocycles. The van der Waals surface area contributed by atoms with Gasteiger partial charge in [-0.2, -0.15) is 0 Å². The van der Waals surface area contributed by atoms with Gasteiger partial charge in [-0.1, -0.05) is 61.4 Å². The molecular weight excluding hydrogens is 380 g/mol. The third kappa shape index (κ3) is 2.98. The third-order valence-electron chi connectivity index (χ3n) is 9.19. The number of halogens is 1. The van der Waals surface area contributed by atoms with Crippen molar-refractivity contribution in [1.82, 2.24) is 0 Å². The van der Waals surface area contributed by atoms with Gasteiger partial charge >= 0.3 is 0 Å². The highest BCUT2D eigenvalue weighted by atomic mass is 35.5. The van der Waals surface area contributed by atoms with Gasteiger partial charge < -0.3 is 10.2 Å². The van der Waals surface area contributed by atoms with Gasteiger partial charge in [-0.05, 0) is 85.3 Å². The highest BCUT2D eigenvalue weighted by Crippen LogP contribution is 2.65. The molecule has 2 N–H and O–H groups in total. The van der Waals surface area contributed by atoms with Gasteiger partial charge in [0.15, 0.2) is 0 Å². The van der Waals surface area contributed by atoms with Crippen molar-refractivity contribution in [2.45, 2.75) is 71.0 Å². The Labute approximate surface area is 179 Å². The lowest BCUT2D eigenvalue weighted by molar-refractivity contribution is -0.0685. The summed E-state index contributed by atoms with van der Waals surface area (Å²) in [6.07, 6.45) is 11.3. The first-order valence-corrected chi connectivity index (χ1v) is 11.7. The third-order valence-corrected chi connectivity index (χ3v) is 9.54. The first-order valence-electron chi connectivity index (χ1n) is 11.3. The molecule has 156 valence electrons. The minimum atomic E-state index is -0.379. The predicted molar refractivity (Wildman–Crippen MR) is 119 cm³/mol. The molecule has 0 spiro atoms. The van der Waals surface area contributed by atoms with Gasteiger partial charge in [-0.25, -0.2) is 0 Å². The van der Waals surface area contributed by atoms with E-state index in [9.17, 15) is 10.2 Å². The summed E-state index contributed by atoms with van der Waals surface area (Å²) >= 11 is 6.40. The molecule has 5 rings (SSSR count). The number of allylic oxidation sites excluding steroid dienone is 1. The van der Waals surface area contributed by atoms with E-state index in [1.165, 1.54) is 12.0 Å². The van der Waals surface area contributed by atoms with Gasteiger partial charge in [0.2, 0.25) is 0 Å². The van der Waals surface area contributed by atoms with E-state index >= 15 is 0 Å². The fourth-order valence-electron chi connectivity index (χ4n) is 7.43. The number of aliphatic hydroxyl groups is 2. The van der Waals surface area contributed by atoms with Gasteiger partial charge in [0, 0.05) is 10.4 Å². The van der Waals surface area contributed by atoms with Crippen molar-refractivity contribution in [3.8, 4) is 0 Å². The van der Waals surface area contributed by atoms with Crippen molar-refractivity contribution in [2.75, 3.05) is 0 Å². The Bertz CT molecular complexity index is 873. The van der Waals surface area contributed by atoms with E-state index in [0.29, 0.717) is 17.8 Å². The van der Waals surface area contributed by atoms with Crippen molar-refractivity contribution < 1.29 is 10.2 Å². The summed E-state index contributed by atoms with van der Waals surface area (Å²) in [5.41, 5.74) is 3.88. The molecule has 3 saturated carbocycles. The molecule has 2 nitrogen and oxygen atoms in total. The van der Waals surface area contributed by atoms with Crippen molar-refractivity contribution >= 4 is 17.7 Å². The molecule has 4 aliphatic rings. The van der Waals surface area contributed by atoms with Crippen LogP contribution < -0.4 is 0 Å². The van der Waals surface area contributed by atoms with E-state index in [0.717, 1.165) is 54.7 Å². The number of aliphatic hydroxyl groups excluding tert-OH is 2. The van der Waals surface area contributed by atoms with E-state index in [-0.39, 0.29) is 23.0 Å². The van der Waals surface area contributed by atoms with Crippen LogP contribution in [-0.2, 0) is 0 Å². The van der Waals surface area contributed by atoms with Gasteiger partial charge in [-0.15, -0.1) is 0 Å². The topological polar surface area (TPSA) is 40.5 Å². The molecule has 0 unspecified atom stereocenters. The molecular formula is C26H33ClO2. The first kappa shape index (κ1) is 19.8. The average Bonchev–Trinajstić information content (AvgIpc) is 2.95. The number of fused-ring (bicyclic) bond motifs is 5. The van der Waals surface area contributed by atoms with Gasteiger partial charge in [0.25, 0.3) is 0 Å². The van der Waals surface area contributed by atoms with Crippen LogP contribution in [0.15, 0.2) is 41.5 Å². The van der Waals surface area contributed by atoms with Crippen molar-refractivity contribution in [3.05, 3.63) is 52.1 Å². The number of hydrogen-bond acceptors (Lipinski definition) is 2. The zero-order valence-electron chi connectivity index (χ0n) is 17.6. The molecule has 3 fully saturated rings.